The van der Waals surface area contributed by atoms with Crippen molar-refractivity contribution in [2.75, 3.05) is 31.7 Å². The first-order chi connectivity index (χ1) is 18.4. The minimum absolute atomic E-state index is 0.137. The number of ether oxygens (including phenoxy) is 2. The number of aromatic nitrogens is 2. The van der Waals surface area contributed by atoms with Gasteiger partial charge in [-0.05, 0) is 61.1 Å². The van der Waals surface area contributed by atoms with Crippen LogP contribution in [-0.4, -0.2) is 48.1 Å². The molecule has 2 amide bonds. The number of anilines is 1. The van der Waals surface area contributed by atoms with Crippen molar-refractivity contribution < 1.29 is 19.1 Å². The van der Waals surface area contributed by atoms with E-state index in [1.54, 1.807) is 25.1 Å². The summed E-state index contributed by atoms with van der Waals surface area (Å²) in [5.41, 5.74) is 3.96. The van der Waals surface area contributed by atoms with Gasteiger partial charge >= 0.3 is 0 Å². The zero-order valence-electron chi connectivity index (χ0n) is 21.0. The average molecular weight is 530 g/mol. The number of nitrogens with zero attached hydrogens (tertiary/aromatic N) is 3. The largest absolute Gasteiger partial charge is 0.381 e. The molecule has 1 aliphatic carbocycles. The van der Waals surface area contributed by atoms with E-state index in [-0.39, 0.29) is 30.4 Å². The van der Waals surface area contributed by atoms with E-state index < -0.39 is 5.41 Å². The van der Waals surface area contributed by atoms with E-state index in [9.17, 15) is 14.9 Å². The highest BCUT2D eigenvalue weighted by Crippen LogP contribution is 2.58. The van der Waals surface area contributed by atoms with Gasteiger partial charge in [-0.25, -0.2) is 4.98 Å². The predicted molar refractivity (Wildman–Crippen MR) is 141 cm³/mol. The van der Waals surface area contributed by atoms with Crippen molar-refractivity contribution in [3.63, 3.8) is 0 Å². The van der Waals surface area contributed by atoms with Gasteiger partial charge in [0.2, 0.25) is 5.91 Å². The number of thiazole rings is 1. The predicted octanol–water partition coefficient (Wildman–Crippen LogP) is 3.56. The molecule has 2 fully saturated rings. The molecule has 3 aliphatic rings. The summed E-state index contributed by atoms with van der Waals surface area (Å²) >= 11 is 1.31. The number of carbonyl (C=O) groups excluding carboxylic acids is 2. The molecule has 3 aromatic rings. The molecule has 2 aromatic heterocycles. The Kier molecular flexibility index (Phi) is 6.22. The molecule has 4 heterocycles. The number of pyridine rings is 1. The van der Waals surface area contributed by atoms with E-state index in [4.69, 9.17) is 14.5 Å². The van der Waals surface area contributed by atoms with Crippen molar-refractivity contribution in [2.24, 2.45) is 5.92 Å². The fourth-order valence-electron chi connectivity index (χ4n) is 5.45. The number of amides is 2. The standard InChI is InChI=1S/C28H27N5O4S/c1-27(15-29)16-37-12-18-6-5-17(9-20(18)27)25(35)30-11-24(34)33-26-32-22(14-38-26)21-3-2-4-23(31-21)28-7-8-36-13-19(28)10-28/h2-6,9,14,19H,7-8,10-13,16H2,1H3,(H,30,35)(H,32,33,34)/t19-,27-,28+/m1/s1. The van der Waals surface area contributed by atoms with Gasteiger partial charge in [0.05, 0.1) is 38.1 Å². The van der Waals surface area contributed by atoms with Crippen molar-refractivity contribution in [3.05, 3.63) is 64.2 Å². The van der Waals surface area contributed by atoms with Gasteiger partial charge < -0.3 is 20.1 Å². The lowest BCUT2D eigenvalue weighted by molar-refractivity contribution is -0.115. The quantitative estimate of drug-likeness (QED) is 0.500. The van der Waals surface area contributed by atoms with Gasteiger partial charge in [0.1, 0.15) is 11.1 Å². The number of benzene rings is 1. The van der Waals surface area contributed by atoms with E-state index in [2.05, 4.69) is 27.8 Å². The molecule has 0 bridgehead atoms. The van der Waals surface area contributed by atoms with Crippen LogP contribution in [0.25, 0.3) is 11.4 Å². The van der Waals surface area contributed by atoms with Gasteiger partial charge in [0.15, 0.2) is 5.13 Å². The SMILES string of the molecule is C[C@@]1(C#N)COCc2ccc(C(=O)NCC(=O)Nc3nc(-c4cccc([C@]56CCOC[C@H]5C6)n4)cs3)cc21. The van der Waals surface area contributed by atoms with Crippen LogP contribution in [0.5, 0.6) is 0 Å². The second kappa shape index (κ2) is 9.58. The normalized spacial score (nSPS) is 25.4. The summed E-state index contributed by atoms with van der Waals surface area (Å²) in [6.45, 7) is 3.84. The molecule has 10 heteroatoms. The summed E-state index contributed by atoms with van der Waals surface area (Å²) in [6, 6.07) is 13.5. The molecule has 2 N–H and O–H groups in total. The lowest BCUT2D eigenvalue weighted by Gasteiger charge is -2.30. The second-order valence-electron chi connectivity index (χ2n) is 10.4. The summed E-state index contributed by atoms with van der Waals surface area (Å²) < 4.78 is 11.1. The number of carbonyl (C=O) groups is 2. The summed E-state index contributed by atoms with van der Waals surface area (Å²) in [5.74, 6) is -0.219. The van der Waals surface area contributed by atoms with E-state index in [0.29, 0.717) is 28.9 Å². The lowest BCUT2D eigenvalue weighted by Crippen LogP contribution is -2.34. The van der Waals surface area contributed by atoms with Crippen molar-refractivity contribution in [1.82, 2.24) is 15.3 Å². The monoisotopic (exact) mass is 529 g/mol. The molecule has 194 valence electrons. The molecule has 0 spiro atoms. The van der Waals surface area contributed by atoms with Crippen LogP contribution in [0.2, 0.25) is 0 Å². The van der Waals surface area contributed by atoms with Gasteiger partial charge in [-0.2, -0.15) is 5.26 Å². The smallest absolute Gasteiger partial charge is 0.251 e. The topological polar surface area (TPSA) is 126 Å². The highest BCUT2D eigenvalue weighted by Gasteiger charge is 2.57. The van der Waals surface area contributed by atoms with E-state index in [1.165, 1.54) is 11.3 Å². The lowest BCUT2D eigenvalue weighted by atomic mass is 9.79. The summed E-state index contributed by atoms with van der Waals surface area (Å²) in [6.07, 6.45) is 2.11. The molecule has 1 saturated heterocycles. The van der Waals surface area contributed by atoms with Crippen LogP contribution >= 0.6 is 11.3 Å². The highest BCUT2D eigenvalue weighted by atomic mass is 32.1. The molecule has 1 saturated carbocycles. The average Bonchev–Trinajstić information content (AvgIpc) is 3.54. The van der Waals surface area contributed by atoms with Crippen molar-refractivity contribution in [3.8, 4) is 17.5 Å². The zero-order valence-corrected chi connectivity index (χ0v) is 21.8. The molecule has 1 aromatic carbocycles. The van der Waals surface area contributed by atoms with E-state index in [1.807, 2.05) is 17.5 Å². The van der Waals surface area contributed by atoms with Gasteiger partial charge in [0.25, 0.3) is 5.91 Å². The Hall–Kier alpha value is -3.65. The number of hydrogen-bond acceptors (Lipinski definition) is 8. The molecular weight excluding hydrogens is 502 g/mol. The highest BCUT2D eigenvalue weighted by molar-refractivity contribution is 7.14. The fraction of sp³-hybridized carbons (Fsp3) is 0.393. The molecule has 38 heavy (non-hydrogen) atoms. The second-order valence-corrected chi connectivity index (χ2v) is 11.2. The van der Waals surface area contributed by atoms with Gasteiger partial charge in [0, 0.05) is 28.7 Å². The van der Waals surface area contributed by atoms with Gasteiger partial charge in [-0.3, -0.25) is 14.6 Å². The Balaban J connectivity index is 1.07. The van der Waals surface area contributed by atoms with Crippen LogP contribution < -0.4 is 10.6 Å². The van der Waals surface area contributed by atoms with Crippen LogP contribution in [-0.2, 0) is 31.7 Å². The van der Waals surface area contributed by atoms with Crippen molar-refractivity contribution >= 4 is 28.3 Å². The number of nitrogens with one attached hydrogen (secondary N) is 2. The third-order valence-electron chi connectivity index (χ3n) is 7.79. The maximum absolute atomic E-state index is 12.7. The van der Waals surface area contributed by atoms with Crippen LogP contribution in [0, 0.1) is 17.2 Å². The van der Waals surface area contributed by atoms with Crippen molar-refractivity contribution in [1.29, 1.82) is 5.26 Å². The zero-order chi connectivity index (χ0) is 26.3. The Morgan fingerprint density at radius 1 is 1.21 bits per heavy atom. The number of fused-ring (bicyclic) bond motifs is 2. The number of hydrogen-bond donors (Lipinski definition) is 2. The first kappa shape index (κ1) is 24.7. The Morgan fingerprint density at radius 2 is 2.11 bits per heavy atom. The summed E-state index contributed by atoms with van der Waals surface area (Å²) in [4.78, 5) is 34.7. The Morgan fingerprint density at radius 3 is 2.95 bits per heavy atom. The molecule has 6 rings (SSSR count). The van der Waals surface area contributed by atoms with Gasteiger partial charge in [-0.1, -0.05) is 12.1 Å². The fourth-order valence-corrected chi connectivity index (χ4v) is 6.17. The molecular formula is C28H27N5O4S. The Labute approximate surface area is 224 Å². The molecule has 3 atom stereocenters. The van der Waals surface area contributed by atoms with Crippen LogP contribution in [0.1, 0.15) is 46.9 Å². The molecule has 0 unspecified atom stereocenters. The molecule has 2 aliphatic heterocycles. The number of rotatable bonds is 6. The first-order valence-electron chi connectivity index (χ1n) is 12.6. The maximum Gasteiger partial charge on any atom is 0.251 e. The van der Waals surface area contributed by atoms with Crippen molar-refractivity contribution in [2.45, 2.75) is 37.2 Å². The van der Waals surface area contributed by atoms with Crippen LogP contribution in [0.3, 0.4) is 0 Å². The third kappa shape index (κ3) is 4.47. The maximum atomic E-state index is 12.7. The molecule has 9 nitrogen and oxygen atoms in total. The number of nitriles is 1. The van der Waals surface area contributed by atoms with Crippen LogP contribution in [0.4, 0.5) is 5.13 Å². The van der Waals surface area contributed by atoms with E-state index >= 15 is 0 Å². The van der Waals surface area contributed by atoms with E-state index in [0.717, 1.165) is 48.6 Å². The molecule has 0 radical (unpaired) electrons. The summed E-state index contributed by atoms with van der Waals surface area (Å²) in [5, 5.41) is 17.3. The summed E-state index contributed by atoms with van der Waals surface area (Å²) in [7, 11) is 0. The first-order valence-corrected chi connectivity index (χ1v) is 13.5. The van der Waals surface area contributed by atoms with Gasteiger partial charge in [-0.15, -0.1) is 11.3 Å². The Bertz CT molecular complexity index is 1470. The minimum Gasteiger partial charge on any atom is -0.381 e. The third-order valence-corrected chi connectivity index (χ3v) is 8.54. The van der Waals surface area contributed by atoms with Crippen LogP contribution in [0.15, 0.2) is 41.8 Å². The minimum atomic E-state index is -0.816.